The van der Waals surface area contributed by atoms with E-state index in [4.69, 9.17) is 4.74 Å². The molecule has 2 aliphatic rings. The molecule has 0 aromatic heterocycles. The van der Waals surface area contributed by atoms with E-state index in [1.165, 1.54) is 12.8 Å². The van der Waals surface area contributed by atoms with Crippen LogP contribution in [0.25, 0.3) is 0 Å². The SMILES string of the molecule is O=C(O)C1CC(C2CC2)Oc2ccccc21.[H-].[Na+]. The first-order chi connectivity index (χ1) is 7.75. The minimum Gasteiger partial charge on any atom is -1.00 e. The molecule has 0 amide bonds. The van der Waals surface area contributed by atoms with E-state index in [0.717, 1.165) is 11.3 Å². The molecule has 0 radical (unpaired) electrons. The number of carboxylic acids is 1. The molecule has 0 saturated heterocycles. The molecule has 4 heteroatoms. The van der Waals surface area contributed by atoms with Gasteiger partial charge < -0.3 is 11.3 Å². The molecule has 3 nitrogen and oxygen atoms in total. The van der Waals surface area contributed by atoms with Crippen LogP contribution in [0.2, 0.25) is 0 Å². The van der Waals surface area contributed by atoms with Gasteiger partial charge in [-0.05, 0) is 24.8 Å². The van der Waals surface area contributed by atoms with Crippen LogP contribution in [0.3, 0.4) is 0 Å². The van der Waals surface area contributed by atoms with E-state index in [-0.39, 0.29) is 37.1 Å². The summed E-state index contributed by atoms with van der Waals surface area (Å²) in [6.07, 6.45) is 3.09. The summed E-state index contributed by atoms with van der Waals surface area (Å²) in [6.45, 7) is 0. The number of benzene rings is 1. The first-order valence-corrected chi connectivity index (χ1v) is 5.74. The molecule has 1 aliphatic carbocycles. The zero-order chi connectivity index (χ0) is 11.1. The second-order valence-corrected chi connectivity index (χ2v) is 4.66. The third-order valence-corrected chi connectivity index (χ3v) is 3.49. The molecule has 17 heavy (non-hydrogen) atoms. The smallest absolute Gasteiger partial charge is 1.00 e. The molecule has 1 aromatic carbocycles. The Morgan fingerprint density at radius 2 is 2.06 bits per heavy atom. The van der Waals surface area contributed by atoms with Crippen molar-refractivity contribution in [1.29, 1.82) is 0 Å². The van der Waals surface area contributed by atoms with Crippen molar-refractivity contribution in [3.8, 4) is 5.75 Å². The average molecular weight is 242 g/mol. The maximum Gasteiger partial charge on any atom is 1.00 e. The number of para-hydroxylation sites is 1. The summed E-state index contributed by atoms with van der Waals surface area (Å²) < 4.78 is 5.87. The van der Waals surface area contributed by atoms with E-state index in [0.29, 0.717) is 12.3 Å². The van der Waals surface area contributed by atoms with Crippen molar-refractivity contribution in [3.05, 3.63) is 29.8 Å². The molecule has 2 unspecified atom stereocenters. The summed E-state index contributed by atoms with van der Waals surface area (Å²) in [5, 5.41) is 9.25. The molecule has 1 aliphatic heterocycles. The molecule has 0 spiro atoms. The van der Waals surface area contributed by atoms with E-state index >= 15 is 0 Å². The Labute approximate surface area is 124 Å². The van der Waals surface area contributed by atoms with Crippen molar-refractivity contribution in [2.24, 2.45) is 5.92 Å². The Morgan fingerprint density at radius 3 is 2.71 bits per heavy atom. The van der Waals surface area contributed by atoms with Crippen LogP contribution in [-0.2, 0) is 4.79 Å². The van der Waals surface area contributed by atoms with Crippen LogP contribution in [0.15, 0.2) is 24.3 Å². The number of carboxylic acid groups (broad SMARTS) is 1. The van der Waals surface area contributed by atoms with Gasteiger partial charge in [0.25, 0.3) is 0 Å². The number of carbonyl (C=O) groups is 1. The monoisotopic (exact) mass is 242 g/mol. The second kappa shape index (κ2) is 5.01. The maximum atomic E-state index is 11.3. The van der Waals surface area contributed by atoms with Crippen LogP contribution in [-0.4, -0.2) is 17.2 Å². The predicted molar refractivity (Wildman–Crippen MR) is 59.7 cm³/mol. The van der Waals surface area contributed by atoms with E-state index in [9.17, 15) is 9.90 Å². The third-order valence-electron chi connectivity index (χ3n) is 3.49. The van der Waals surface area contributed by atoms with Gasteiger partial charge in [-0.15, -0.1) is 0 Å². The van der Waals surface area contributed by atoms with Gasteiger partial charge in [0.15, 0.2) is 0 Å². The number of ether oxygens (including phenoxy) is 1. The Balaban J connectivity index is 0.000000810. The van der Waals surface area contributed by atoms with Gasteiger partial charge in [-0.3, -0.25) is 4.79 Å². The Bertz CT molecular complexity index is 434. The standard InChI is InChI=1S/C13H14O3.Na.H/c14-13(15)10-7-12(8-5-6-8)16-11-4-2-1-3-9(10)11;;/h1-4,8,10,12H,5-7H2,(H,14,15);;/q;+1;-1. The second-order valence-electron chi connectivity index (χ2n) is 4.66. The molecule has 1 N–H and O–H groups in total. The van der Waals surface area contributed by atoms with Crippen LogP contribution >= 0.6 is 0 Å². The van der Waals surface area contributed by atoms with Crippen LogP contribution in [0, 0.1) is 5.92 Å². The van der Waals surface area contributed by atoms with Crippen molar-refractivity contribution >= 4 is 5.97 Å². The van der Waals surface area contributed by atoms with Crippen molar-refractivity contribution < 1.29 is 45.6 Å². The molecular weight excluding hydrogens is 227 g/mol. The predicted octanol–water partition coefficient (Wildman–Crippen LogP) is -0.468. The van der Waals surface area contributed by atoms with E-state index in [1.54, 1.807) is 0 Å². The summed E-state index contributed by atoms with van der Waals surface area (Å²) >= 11 is 0. The molecule has 1 heterocycles. The van der Waals surface area contributed by atoms with Crippen molar-refractivity contribution in [2.75, 3.05) is 0 Å². The Kier molecular flexibility index (Phi) is 3.81. The van der Waals surface area contributed by atoms with E-state index in [2.05, 4.69) is 0 Å². The summed E-state index contributed by atoms with van der Waals surface area (Å²) in [6, 6.07) is 7.50. The molecular formula is C13H15NaO3. The third kappa shape index (κ3) is 2.51. The van der Waals surface area contributed by atoms with Gasteiger partial charge in [0.1, 0.15) is 11.9 Å². The average Bonchev–Trinajstić information content (AvgIpc) is 3.11. The molecule has 86 valence electrons. The largest absolute Gasteiger partial charge is 1.00 e. The number of hydrogen-bond donors (Lipinski definition) is 1. The fourth-order valence-electron chi connectivity index (χ4n) is 2.44. The van der Waals surface area contributed by atoms with Gasteiger partial charge in [-0.2, -0.15) is 0 Å². The van der Waals surface area contributed by atoms with Crippen LogP contribution in [0.4, 0.5) is 0 Å². The first-order valence-electron chi connectivity index (χ1n) is 5.74. The van der Waals surface area contributed by atoms with Gasteiger partial charge in [-0.1, -0.05) is 18.2 Å². The molecule has 0 bridgehead atoms. The van der Waals surface area contributed by atoms with Gasteiger partial charge in [0.2, 0.25) is 0 Å². The fraction of sp³-hybridized carbons (Fsp3) is 0.462. The van der Waals surface area contributed by atoms with Crippen LogP contribution in [0.1, 0.15) is 32.2 Å². The first kappa shape index (κ1) is 12.9. The maximum absolute atomic E-state index is 11.3. The number of hydrogen-bond acceptors (Lipinski definition) is 2. The van der Waals surface area contributed by atoms with Crippen molar-refractivity contribution in [2.45, 2.75) is 31.3 Å². The Hall–Kier alpha value is -0.510. The van der Waals surface area contributed by atoms with Gasteiger partial charge in [-0.25, -0.2) is 0 Å². The quantitative estimate of drug-likeness (QED) is 0.713. The minimum atomic E-state index is -0.735. The van der Waals surface area contributed by atoms with Crippen molar-refractivity contribution in [3.63, 3.8) is 0 Å². The molecule has 1 aromatic rings. The molecule has 1 fully saturated rings. The zero-order valence-electron chi connectivity index (χ0n) is 10.9. The van der Waals surface area contributed by atoms with Gasteiger partial charge in [0, 0.05) is 12.0 Å². The fourth-order valence-corrected chi connectivity index (χ4v) is 2.44. The molecule has 1 saturated carbocycles. The number of fused-ring (bicyclic) bond motifs is 1. The molecule has 2 atom stereocenters. The topological polar surface area (TPSA) is 46.5 Å². The number of rotatable bonds is 2. The van der Waals surface area contributed by atoms with Gasteiger partial charge >= 0.3 is 35.5 Å². The van der Waals surface area contributed by atoms with Gasteiger partial charge in [0.05, 0.1) is 5.92 Å². The zero-order valence-corrected chi connectivity index (χ0v) is 11.9. The summed E-state index contributed by atoms with van der Waals surface area (Å²) in [5.74, 6) is 0.213. The van der Waals surface area contributed by atoms with Crippen molar-refractivity contribution in [1.82, 2.24) is 0 Å². The van der Waals surface area contributed by atoms with E-state index < -0.39 is 11.9 Å². The van der Waals surface area contributed by atoms with Crippen LogP contribution in [0.5, 0.6) is 5.75 Å². The summed E-state index contributed by atoms with van der Waals surface area (Å²) in [7, 11) is 0. The number of aliphatic carboxylic acids is 1. The summed E-state index contributed by atoms with van der Waals surface area (Å²) in [4.78, 5) is 11.3. The summed E-state index contributed by atoms with van der Waals surface area (Å²) in [5.41, 5.74) is 0.826. The minimum absolute atomic E-state index is 0. The van der Waals surface area contributed by atoms with Crippen LogP contribution < -0.4 is 34.3 Å². The molecule has 3 rings (SSSR count). The normalized spacial score (nSPS) is 26.4. The van der Waals surface area contributed by atoms with E-state index in [1.807, 2.05) is 24.3 Å². The Morgan fingerprint density at radius 1 is 1.35 bits per heavy atom.